The maximum absolute atomic E-state index is 15.2. The molecule has 0 spiro atoms. The minimum Gasteiger partial charge on any atom is -0.469 e. The zero-order valence-electron chi connectivity index (χ0n) is 20.6. The van der Waals surface area contributed by atoms with Crippen LogP contribution in [0.25, 0.3) is 0 Å². The summed E-state index contributed by atoms with van der Waals surface area (Å²) in [6.07, 6.45) is -15.0. The largest absolute Gasteiger partial charge is 0.469 e. The molecule has 1 aromatic rings. The number of aliphatic hydroxyl groups is 2. The first kappa shape index (κ1) is 36.5. The van der Waals surface area contributed by atoms with E-state index in [9.17, 15) is 63.7 Å². The van der Waals surface area contributed by atoms with Crippen molar-refractivity contribution in [2.75, 3.05) is 14.2 Å². The molecule has 0 amide bonds. The third kappa shape index (κ3) is 5.14. The lowest BCUT2D eigenvalue weighted by Crippen LogP contribution is -2.80. The molecule has 1 saturated heterocycles. The number of methoxy groups -OCH3 is 2. The van der Waals surface area contributed by atoms with Crippen molar-refractivity contribution >= 4 is 23.5 Å². The number of hydrogen-bond acceptors (Lipinski definition) is 7. The lowest BCUT2D eigenvalue weighted by Gasteiger charge is -2.57. The number of esters is 2. The van der Waals surface area contributed by atoms with Crippen LogP contribution in [0.2, 0.25) is 5.02 Å². The highest BCUT2D eigenvalue weighted by molar-refractivity contribution is 6.30. The average molecular weight is 681 g/mol. The molecule has 4 atom stereocenters. The van der Waals surface area contributed by atoms with E-state index < -0.39 is 82.9 Å². The van der Waals surface area contributed by atoms with Crippen molar-refractivity contribution < 1.29 is 95.5 Å². The van der Waals surface area contributed by atoms with E-state index in [1.165, 1.54) is 0 Å². The number of carbonyl (C=O) groups excluding carboxylic acids is 2. The fourth-order valence-electron chi connectivity index (χ4n) is 4.30. The maximum Gasteiger partial charge on any atom is 0.460 e. The quantitative estimate of drug-likeness (QED) is 0.306. The Hall–Kier alpha value is -2.65. The van der Waals surface area contributed by atoms with Crippen LogP contribution in [0.3, 0.4) is 0 Å². The Balaban J connectivity index is 3.26. The predicted octanol–water partition coefficient (Wildman–Crippen LogP) is 5.08. The van der Waals surface area contributed by atoms with Crippen LogP contribution in [0.1, 0.15) is 11.5 Å². The summed E-state index contributed by atoms with van der Waals surface area (Å²) in [7, 11) is 0.337. The maximum atomic E-state index is 15.2. The van der Waals surface area contributed by atoms with Crippen LogP contribution in [-0.4, -0.2) is 84.0 Å². The molecule has 2 N–H and O–H groups in total. The molecule has 2 rings (SSSR count). The molecule has 0 aliphatic carbocycles. The number of benzene rings is 1. The van der Waals surface area contributed by atoms with Gasteiger partial charge >= 0.3 is 48.0 Å². The average Bonchev–Trinajstić information content (AvgIpc) is 2.86. The van der Waals surface area contributed by atoms with Gasteiger partial charge in [-0.15, -0.1) is 0 Å². The number of hydrogen-bond donors (Lipinski definition) is 2. The van der Waals surface area contributed by atoms with E-state index >= 15 is 17.6 Å². The van der Waals surface area contributed by atoms with Crippen molar-refractivity contribution in [1.29, 1.82) is 0 Å². The molecule has 1 aliphatic rings. The third-order valence-corrected chi connectivity index (χ3v) is 6.69. The molecule has 22 heteroatoms. The van der Waals surface area contributed by atoms with Gasteiger partial charge in [0.1, 0.15) is 11.8 Å². The first-order chi connectivity index (χ1) is 19.0. The van der Waals surface area contributed by atoms with Gasteiger partial charge in [0.15, 0.2) is 0 Å². The third-order valence-electron chi connectivity index (χ3n) is 6.44. The molecule has 4 unspecified atom stereocenters. The van der Waals surface area contributed by atoms with E-state index in [-0.39, 0.29) is 19.2 Å². The summed E-state index contributed by atoms with van der Waals surface area (Å²) in [5.74, 6) is -59.8. The fraction of sp³-hybridized carbons (Fsp3) is 0.619. The van der Waals surface area contributed by atoms with Crippen molar-refractivity contribution in [3.05, 3.63) is 34.9 Å². The number of halogens is 15. The first-order valence-corrected chi connectivity index (χ1v) is 11.1. The Morgan fingerprint density at radius 2 is 1.00 bits per heavy atom. The van der Waals surface area contributed by atoms with Gasteiger partial charge in [0.2, 0.25) is 0 Å². The molecule has 0 bridgehead atoms. The molecule has 7 nitrogen and oxygen atoms in total. The monoisotopic (exact) mass is 680 g/mol. The topological polar surface area (TPSA) is 102 Å². The molecule has 1 aliphatic heterocycles. The van der Waals surface area contributed by atoms with Crippen LogP contribution in [0.4, 0.5) is 61.5 Å². The number of alkyl halides is 14. The van der Waals surface area contributed by atoms with Gasteiger partial charge in [-0.05, 0) is 17.7 Å². The van der Waals surface area contributed by atoms with E-state index in [1.807, 2.05) is 0 Å². The van der Waals surface area contributed by atoms with Crippen LogP contribution in [0.5, 0.6) is 0 Å². The van der Waals surface area contributed by atoms with E-state index in [2.05, 4.69) is 14.2 Å². The predicted molar refractivity (Wildman–Crippen MR) is 108 cm³/mol. The summed E-state index contributed by atoms with van der Waals surface area (Å²) < 4.78 is 207. The number of rotatable bonds is 7. The Morgan fingerprint density at radius 3 is 1.26 bits per heavy atom. The Bertz CT molecular complexity index is 1150. The number of ether oxygens (including phenoxy) is 3. The van der Waals surface area contributed by atoms with Crippen molar-refractivity contribution in [2.45, 2.75) is 53.5 Å². The molecule has 0 saturated carbocycles. The summed E-state index contributed by atoms with van der Waals surface area (Å²) in [5, 5.41) is 20.9. The lowest BCUT2D eigenvalue weighted by molar-refractivity contribution is -0.526. The smallest absolute Gasteiger partial charge is 0.460 e. The standard InChI is InChI=1S/C21H15ClF14O7/c1-41-12(37)10-9(7-3-5-8(22)6-4-7)11(13(38)42-2)15(40,17(25,26)19(29,30)21(34,35)36)43-14(10,39)16(23,24)18(27,28)20(31,32)33/h3-6,9-11,39-40H,1-2H3. The van der Waals surface area contributed by atoms with Crippen molar-refractivity contribution in [3.63, 3.8) is 0 Å². The van der Waals surface area contributed by atoms with Gasteiger partial charge in [0.25, 0.3) is 11.6 Å². The molecule has 1 heterocycles. The van der Waals surface area contributed by atoms with Gasteiger partial charge in [-0.3, -0.25) is 9.59 Å². The minimum atomic E-state index is -7.69. The summed E-state index contributed by atoms with van der Waals surface area (Å²) in [6.45, 7) is 0. The van der Waals surface area contributed by atoms with E-state index in [0.29, 0.717) is 24.3 Å². The molecular formula is C21H15ClF14O7. The van der Waals surface area contributed by atoms with Crippen LogP contribution in [0, 0.1) is 11.8 Å². The first-order valence-electron chi connectivity index (χ1n) is 10.8. The zero-order chi connectivity index (χ0) is 34.0. The molecule has 0 radical (unpaired) electrons. The molecule has 1 aromatic carbocycles. The van der Waals surface area contributed by atoms with Crippen LogP contribution in [-0.2, 0) is 23.8 Å². The van der Waals surface area contributed by atoms with Gasteiger partial charge in [0.05, 0.1) is 14.2 Å². The highest BCUT2D eigenvalue weighted by atomic mass is 35.5. The normalized spacial score (nSPS) is 27.9. The van der Waals surface area contributed by atoms with Crippen molar-refractivity contribution in [3.8, 4) is 0 Å². The molecule has 246 valence electrons. The molecule has 1 fully saturated rings. The Kier molecular flexibility index (Phi) is 9.14. The second-order valence-electron chi connectivity index (χ2n) is 8.87. The van der Waals surface area contributed by atoms with E-state index in [1.54, 1.807) is 0 Å². The second-order valence-corrected chi connectivity index (χ2v) is 9.30. The summed E-state index contributed by atoms with van der Waals surface area (Å²) >= 11 is 5.59. The van der Waals surface area contributed by atoms with Gasteiger partial charge in [-0.1, -0.05) is 23.7 Å². The molecule has 43 heavy (non-hydrogen) atoms. The lowest BCUT2D eigenvalue weighted by atomic mass is 9.64. The highest BCUT2D eigenvalue weighted by Gasteiger charge is 2.91. The molecule has 0 aromatic heterocycles. The van der Waals surface area contributed by atoms with E-state index in [0.717, 1.165) is 0 Å². The highest BCUT2D eigenvalue weighted by Crippen LogP contribution is 2.65. The second kappa shape index (κ2) is 10.8. The van der Waals surface area contributed by atoms with Gasteiger partial charge in [-0.2, -0.15) is 61.5 Å². The Morgan fingerprint density at radius 1 is 0.698 bits per heavy atom. The van der Waals surface area contributed by atoms with Gasteiger partial charge < -0.3 is 24.4 Å². The zero-order valence-corrected chi connectivity index (χ0v) is 21.4. The van der Waals surface area contributed by atoms with Crippen molar-refractivity contribution in [1.82, 2.24) is 0 Å². The summed E-state index contributed by atoms with van der Waals surface area (Å²) in [6, 6.07) is 2.03. The fourth-order valence-corrected chi connectivity index (χ4v) is 4.43. The van der Waals surface area contributed by atoms with Crippen molar-refractivity contribution in [2.24, 2.45) is 11.8 Å². The van der Waals surface area contributed by atoms with Gasteiger partial charge in [0, 0.05) is 10.9 Å². The van der Waals surface area contributed by atoms with E-state index in [4.69, 9.17) is 11.6 Å². The van der Waals surface area contributed by atoms with Crippen LogP contribution >= 0.6 is 11.6 Å². The molecular weight excluding hydrogens is 666 g/mol. The SMILES string of the molecule is COC(=O)C1C(c2ccc(Cl)cc2)C(C(=O)OC)C(O)(C(F)(F)C(F)(F)C(F)(F)F)OC1(O)C(F)(F)C(F)(F)C(F)(F)F. The minimum absolute atomic E-state index is 0.169. The Labute approximate surface area is 234 Å². The number of carbonyl (C=O) groups is 2. The van der Waals surface area contributed by atoms with Crippen LogP contribution < -0.4 is 0 Å². The summed E-state index contributed by atoms with van der Waals surface area (Å²) in [4.78, 5) is 25.3. The van der Waals surface area contributed by atoms with Crippen LogP contribution in [0.15, 0.2) is 24.3 Å². The van der Waals surface area contributed by atoms with Gasteiger partial charge in [-0.25, -0.2) is 0 Å². The summed E-state index contributed by atoms with van der Waals surface area (Å²) in [5.41, 5.74) is -1.22.